The number of rotatable bonds is 5. The Hall–Kier alpha value is -1.33. The summed E-state index contributed by atoms with van der Waals surface area (Å²) in [6, 6.07) is 8.66. The lowest BCUT2D eigenvalue weighted by atomic mass is 10.1. The van der Waals surface area contributed by atoms with E-state index in [9.17, 15) is 0 Å². The predicted molar refractivity (Wildman–Crippen MR) is 62.5 cm³/mol. The number of hydrogen-bond donors (Lipinski definition) is 1. The Morgan fingerprint density at radius 2 is 2.07 bits per heavy atom. The first kappa shape index (κ1) is 11.7. The molecule has 0 heterocycles. The lowest BCUT2D eigenvalue weighted by Crippen LogP contribution is -2.14. The molecule has 0 radical (unpaired) electrons. The van der Waals surface area contributed by atoms with Crippen LogP contribution in [0.3, 0.4) is 0 Å². The summed E-state index contributed by atoms with van der Waals surface area (Å²) in [6.45, 7) is 6.07. The standard InChI is InChI=1S/C13H18N2/c1-11-5-6-13(9-12(11)2)10-15-8-4-3-7-14/h5-6,9,15H,3-4,8,10H2,1-2H3. The summed E-state index contributed by atoms with van der Waals surface area (Å²) >= 11 is 0. The largest absolute Gasteiger partial charge is 0.313 e. The minimum absolute atomic E-state index is 0.639. The molecule has 80 valence electrons. The fraction of sp³-hybridized carbons (Fsp3) is 0.462. The number of unbranched alkanes of at least 4 members (excludes halogenated alkanes) is 1. The molecule has 0 bridgehead atoms. The number of nitrogens with zero attached hydrogens (tertiary/aromatic N) is 1. The van der Waals surface area contributed by atoms with Crippen molar-refractivity contribution >= 4 is 0 Å². The minimum Gasteiger partial charge on any atom is -0.313 e. The van der Waals surface area contributed by atoms with Crippen molar-refractivity contribution in [3.05, 3.63) is 34.9 Å². The van der Waals surface area contributed by atoms with E-state index in [0.717, 1.165) is 19.5 Å². The Labute approximate surface area is 91.9 Å². The third kappa shape index (κ3) is 4.14. The van der Waals surface area contributed by atoms with Crippen molar-refractivity contribution in [1.82, 2.24) is 5.32 Å². The topological polar surface area (TPSA) is 35.8 Å². The van der Waals surface area contributed by atoms with E-state index in [1.165, 1.54) is 16.7 Å². The molecule has 0 aliphatic heterocycles. The van der Waals surface area contributed by atoms with E-state index >= 15 is 0 Å². The van der Waals surface area contributed by atoms with Crippen LogP contribution in [0.25, 0.3) is 0 Å². The van der Waals surface area contributed by atoms with E-state index in [4.69, 9.17) is 5.26 Å². The molecule has 2 heteroatoms. The average Bonchev–Trinajstić information content (AvgIpc) is 2.23. The zero-order valence-corrected chi connectivity index (χ0v) is 9.51. The van der Waals surface area contributed by atoms with Crippen LogP contribution >= 0.6 is 0 Å². The van der Waals surface area contributed by atoms with Gasteiger partial charge in [0.1, 0.15) is 0 Å². The van der Waals surface area contributed by atoms with Crippen LogP contribution in [0.1, 0.15) is 29.5 Å². The average molecular weight is 202 g/mol. The van der Waals surface area contributed by atoms with Crippen LogP contribution < -0.4 is 5.32 Å². The number of benzene rings is 1. The molecule has 1 aromatic carbocycles. The quantitative estimate of drug-likeness (QED) is 0.745. The monoisotopic (exact) mass is 202 g/mol. The van der Waals surface area contributed by atoms with Crippen molar-refractivity contribution in [2.75, 3.05) is 6.54 Å². The van der Waals surface area contributed by atoms with Crippen molar-refractivity contribution in [3.8, 4) is 6.07 Å². The second kappa shape index (κ2) is 6.21. The van der Waals surface area contributed by atoms with E-state index in [-0.39, 0.29) is 0 Å². The van der Waals surface area contributed by atoms with Crippen LogP contribution in [0.5, 0.6) is 0 Å². The van der Waals surface area contributed by atoms with Gasteiger partial charge in [-0.15, -0.1) is 0 Å². The van der Waals surface area contributed by atoms with Crippen LogP contribution in [0.4, 0.5) is 0 Å². The number of nitriles is 1. The molecule has 0 atom stereocenters. The molecule has 0 spiro atoms. The molecule has 0 aliphatic carbocycles. The summed E-state index contributed by atoms with van der Waals surface area (Å²) in [5, 5.41) is 11.7. The highest BCUT2D eigenvalue weighted by Crippen LogP contribution is 2.09. The Morgan fingerprint density at radius 1 is 1.27 bits per heavy atom. The lowest BCUT2D eigenvalue weighted by Gasteiger charge is -2.06. The van der Waals surface area contributed by atoms with Crippen LogP contribution in [0.2, 0.25) is 0 Å². The van der Waals surface area contributed by atoms with Gasteiger partial charge >= 0.3 is 0 Å². The second-order valence-corrected chi connectivity index (χ2v) is 3.86. The first-order chi connectivity index (χ1) is 7.24. The van der Waals surface area contributed by atoms with Crippen LogP contribution in [-0.4, -0.2) is 6.54 Å². The second-order valence-electron chi connectivity index (χ2n) is 3.86. The van der Waals surface area contributed by atoms with Gasteiger partial charge in [-0.2, -0.15) is 5.26 Å². The summed E-state index contributed by atoms with van der Waals surface area (Å²) in [6.07, 6.45) is 1.57. The molecule has 0 unspecified atom stereocenters. The maximum absolute atomic E-state index is 8.37. The van der Waals surface area contributed by atoms with Gasteiger partial charge < -0.3 is 5.32 Å². The Morgan fingerprint density at radius 3 is 2.73 bits per heavy atom. The van der Waals surface area contributed by atoms with Gasteiger partial charge in [-0.3, -0.25) is 0 Å². The highest BCUT2D eigenvalue weighted by Gasteiger charge is 1.95. The molecule has 1 aromatic rings. The number of aryl methyl sites for hydroxylation is 2. The molecule has 0 aliphatic rings. The fourth-order valence-corrected chi connectivity index (χ4v) is 1.44. The van der Waals surface area contributed by atoms with Crippen molar-refractivity contribution in [1.29, 1.82) is 5.26 Å². The molecule has 2 nitrogen and oxygen atoms in total. The first-order valence-electron chi connectivity index (χ1n) is 5.38. The van der Waals surface area contributed by atoms with Crippen molar-refractivity contribution in [2.45, 2.75) is 33.2 Å². The van der Waals surface area contributed by atoms with Gasteiger partial charge in [0.15, 0.2) is 0 Å². The highest BCUT2D eigenvalue weighted by atomic mass is 14.8. The van der Waals surface area contributed by atoms with Gasteiger partial charge in [-0.05, 0) is 43.5 Å². The molecule has 0 saturated heterocycles. The Balaban J connectivity index is 2.32. The number of nitrogens with one attached hydrogen (secondary N) is 1. The maximum Gasteiger partial charge on any atom is 0.0622 e. The molecule has 15 heavy (non-hydrogen) atoms. The molecular weight excluding hydrogens is 184 g/mol. The predicted octanol–water partition coefficient (Wildman–Crippen LogP) is 2.70. The SMILES string of the molecule is Cc1ccc(CNCCCC#N)cc1C. The smallest absolute Gasteiger partial charge is 0.0622 e. The van der Waals surface area contributed by atoms with Crippen LogP contribution in [0.15, 0.2) is 18.2 Å². The molecule has 0 fully saturated rings. The number of hydrogen-bond acceptors (Lipinski definition) is 2. The normalized spacial score (nSPS) is 9.93. The molecule has 0 aromatic heterocycles. The van der Waals surface area contributed by atoms with Crippen molar-refractivity contribution < 1.29 is 0 Å². The van der Waals surface area contributed by atoms with E-state index < -0.39 is 0 Å². The summed E-state index contributed by atoms with van der Waals surface area (Å²) in [5.41, 5.74) is 3.99. The van der Waals surface area contributed by atoms with Crippen LogP contribution in [0, 0.1) is 25.2 Å². The van der Waals surface area contributed by atoms with Gasteiger partial charge in [0.05, 0.1) is 6.07 Å². The van der Waals surface area contributed by atoms with Gasteiger partial charge in [0.2, 0.25) is 0 Å². The first-order valence-corrected chi connectivity index (χ1v) is 5.38. The van der Waals surface area contributed by atoms with E-state index in [1.54, 1.807) is 0 Å². The van der Waals surface area contributed by atoms with E-state index in [2.05, 4.69) is 43.4 Å². The van der Waals surface area contributed by atoms with Gasteiger partial charge in [-0.25, -0.2) is 0 Å². The zero-order valence-electron chi connectivity index (χ0n) is 9.51. The molecule has 1 N–H and O–H groups in total. The zero-order chi connectivity index (χ0) is 11.1. The van der Waals surface area contributed by atoms with Crippen LogP contribution in [-0.2, 0) is 6.54 Å². The Kier molecular flexibility index (Phi) is 4.86. The van der Waals surface area contributed by atoms with Gasteiger partial charge in [0, 0.05) is 13.0 Å². The molecule has 1 rings (SSSR count). The van der Waals surface area contributed by atoms with E-state index in [0.29, 0.717) is 6.42 Å². The van der Waals surface area contributed by atoms with E-state index in [1.807, 2.05) is 0 Å². The summed E-state index contributed by atoms with van der Waals surface area (Å²) in [7, 11) is 0. The maximum atomic E-state index is 8.37. The summed E-state index contributed by atoms with van der Waals surface area (Å²) in [5.74, 6) is 0. The molecule has 0 amide bonds. The highest BCUT2D eigenvalue weighted by molar-refractivity contribution is 5.29. The van der Waals surface area contributed by atoms with Crippen molar-refractivity contribution in [2.24, 2.45) is 0 Å². The van der Waals surface area contributed by atoms with Crippen molar-refractivity contribution in [3.63, 3.8) is 0 Å². The summed E-state index contributed by atoms with van der Waals surface area (Å²) < 4.78 is 0. The lowest BCUT2D eigenvalue weighted by molar-refractivity contribution is 0.657. The third-order valence-corrected chi connectivity index (χ3v) is 2.54. The molecule has 0 saturated carbocycles. The van der Waals surface area contributed by atoms with Gasteiger partial charge in [0.25, 0.3) is 0 Å². The van der Waals surface area contributed by atoms with Gasteiger partial charge in [-0.1, -0.05) is 18.2 Å². The minimum atomic E-state index is 0.639. The Bertz CT molecular complexity index is 350. The third-order valence-electron chi connectivity index (χ3n) is 2.54. The summed E-state index contributed by atoms with van der Waals surface area (Å²) in [4.78, 5) is 0. The molecular formula is C13H18N2. The fourth-order valence-electron chi connectivity index (χ4n) is 1.44.